The molecular formula is C29H41N5O7S2. The highest BCUT2D eigenvalue weighted by Crippen LogP contribution is 2.29. The van der Waals surface area contributed by atoms with E-state index in [-0.39, 0.29) is 30.3 Å². The van der Waals surface area contributed by atoms with Crippen LogP contribution in [0.4, 0.5) is 0 Å². The number of amides is 3. The number of nitrogens with one attached hydrogen (secondary N) is 3. The highest BCUT2D eigenvalue weighted by atomic mass is 32.2. The number of ketones is 1. The molecule has 0 aliphatic carbocycles. The second kappa shape index (κ2) is 13.0. The fourth-order valence-corrected chi connectivity index (χ4v) is 7.33. The van der Waals surface area contributed by atoms with Crippen molar-refractivity contribution in [2.45, 2.75) is 83.7 Å². The minimum atomic E-state index is -3.73. The summed E-state index contributed by atoms with van der Waals surface area (Å²) < 4.78 is 33.5. The van der Waals surface area contributed by atoms with Crippen molar-refractivity contribution < 1.29 is 32.3 Å². The largest absolute Gasteiger partial charge is 0.371 e. The minimum Gasteiger partial charge on any atom is -0.371 e. The molecule has 2 fully saturated rings. The van der Waals surface area contributed by atoms with Crippen molar-refractivity contribution >= 4 is 55.1 Å². The van der Waals surface area contributed by atoms with Gasteiger partial charge in [-0.2, -0.15) is 0 Å². The van der Waals surface area contributed by atoms with Crippen molar-refractivity contribution in [3.63, 3.8) is 0 Å². The maximum absolute atomic E-state index is 14.0. The third-order valence-corrected chi connectivity index (χ3v) is 9.20. The number of ether oxygens (including phenoxy) is 1. The quantitative estimate of drug-likeness (QED) is 0.315. The Labute approximate surface area is 256 Å². The van der Waals surface area contributed by atoms with Gasteiger partial charge in [-0.3, -0.25) is 19.2 Å². The van der Waals surface area contributed by atoms with E-state index in [2.05, 4.69) is 20.3 Å². The number of hydrogen-bond donors (Lipinski definition) is 3. The Morgan fingerprint density at radius 3 is 2.49 bits per heavy atom. The van der Waals surface area contributed by atoms with Crippen LogP contribution in [0, 0.1) is 11.8 Å². The molecule has 3 heterocycles. The van der Waals surface area contributed by atoms with Crippen LogP contribution < -0.4 is 15.4 Å². The number of carbonyl (C=O) groups is 4. The van der Waals surface area contributed by atoms with Gasteiger partial charge in [-0.1, -0.05) is 26.0 Å². The van der Waals surface area contributed by atoms with Gasteiger partial charge >= 0.3 is 0 Å². The summed E-state index contributed by atoms with van der Waals surface area (Å²) in [7, 11) is -3.73. The second-order valence-corrected chi connectivity index (χ2v) is 15.4. The van der Waals surface area contributed by atoms with Crippen molar-refractivity contribution in [3.8, 4) is 0 Å². The SMILES string of the molecule is CC(C)[C@H](NS(C)(=O)=O)C(=O)N1C[C@H](OC(C)(C)C)C[C@H]1C(=O)N[C@@H](C[C@@H]1CCNC1=O)C(=O)c1nc2ccccc2s1. The van der Waals surface area contributed by atoms with Crippen molar-refractivity contribution in [1.29, 1.82) is 0 Å². The maximum atomic E-state index is 14.0. The molecule has 2 aromatic rings. The molecule has 1 aromatic heterocycles. The molecule has 14 heteroatoms. The number of para-hydroxylation sites is 1. The lowest BCUT2D eigenvalue weighted by Gasteiger charge is -2.31. The van der Waals surface area contributed by atoms with Gasteiger partial charge in [0.05, 0.1) is 34.2 Å². The average Bonchev–Trinajstić information content (AvgIpc) is 3.62. The van der Waals surface area contributed by atoms with Gasteiger partial charge in [0.15, 0.2) is 5.01 Å². The van der Waals surface area contributed by atoms with Gasteiger partial charge in [0.1, 0.15) is 12.1 Å². The smallest absolute Gasteiger partial charge is 0.243 e. The third-order valence-electron chi connectivity index (χ3n) is 7.46. The van der Waals surface area contributed by atoms with Crippen LogP contribution in [0.15, 0.2) is 24.3 Å². The number of fused-ring (bicyclic) bond motifs is 1. The molecule has 0 spiro atoms. The van der Waals surface area contributed by atoms with Gasteiger partial charge in [0.25, 0.3) is 0 Å². The molecule has 0 bridgehead atoms. The Balaban J connectivity index is 1.63. The number of rotatable bonds is 11. The fraction of sp³-hybridized carbons (Fsp3) is 0.621. The van der Waals surface area contributed by atoms with E-state index in [4.69, 9.17) is 4.74 Å². The first kappa shape index (κ1) is 33.0. The van der Waals surface area contributed by atoms with Crippen LogP contribution in [0.25, 0.3) is 10.2 Å². The number of Topliss-reactive ketones (excluding diaryl/α,β-unsaturated/α-hetero) is 1. The molecule has 2 saturated heterocycles. The summed E-state index contributed by atoms with van der Waals surface area (Å²) in [5, 5.41) is 5.83. The van der Waals surface area contributed by atoms with Crippen LogP contribution in [0.1, 0.15) is 63.7 Å². The number of thiazole rings is 1. The summed E-state index contributed by atoms with van der Waals surface area (Å²) in [6, 6.07) is 4.15. The van der Waals surface area contributed by atoms with E-state index >= 15 is 0 Å². The van der Waals surface area contributed by atoms with Crippen LogP contribution >= 0.6 is 11.3 Å². The van der Waals surface area contributed by atoms with E-state index in [0.717, 1.165) is 11.0 Å². The minimum absolute atomic E-state index is 0.0738. The van der Waals surface area contributed by atoms with Gasteiger partial charge in [0, 0.05) is 25.4 Å². The molecule has 43 heavy (non-hydrogen) atoms. The first-order valence-corrected chi connectivity index (χ1v) is 17.2. The Kier molecular flexibility index (Phi) is 9.94. The predicted octanol–water partition coefficient (Wildman–Crippen LogP) is 1.85. The Morgan fingerprint density at radius 1 is 1.21 bits per heavy atom. The van der Waals surface area contributed by atoms with E-state index in [1.807, 2.05) is 39.0 Å². The van der Waals surface area contributed by atoms with Crippen LogP contribution in [0.3, 0.4) is 0 Å². The Hall–Kier alpha value is -2.94. The zero-order chi connectivity index (χ0) is 31.7. The molecule has 0 saturated carbocycles. The Bertz CT molecular complexity index is 1450. The van der Waals surface area contributed by atoms with Crippen LogP contribution in [-0.4, -0.2) is 91.0 Å². The second-order valence-electron chi connectivity index (χ2n) is 12.6. The molecule has 5 atom stereocenters. The zero-order valence-electron chi connectivity index (χ0n) is 25.4. The average molecular weight is 636 g/mol. The molecule has 0 radical (unpaired) electrons. The highest BCUT2D eigenvalue weighted by Gasteiger charge is 2.45. The lowest BCUT2D eigenvalue weighted by atomic mass is 9.95. The molecule has 3 amide bonds. The van der Waals surface area contributed by atoms with E-state index in [0.29, 0.717) is 18.5 Å². The molecule has 3 N–H and O–H groups in total. The van der Waals surface area contributed by atoms with Gasteiger partial charge in [0.2, 0.25) is 33.5 Å². The zero-order valence-corrected chi connectivity index (χ0v) is 27.0. The van der Waals surface area contributed by atoms with Crippen molar-refractivity contribution in [1.82, 2.24) is 25.2 Å². The van der Waals surface area contributed by atoms with Crippen molar-refractivity contribution in [2.24, 2.45) is 11.8 Å². The number of nitrogens with zero attached hydrogens (tertiary/aromatic N) is 2. The number of benzene rings is 1. The molecule has 1 aromatic carbocycles. The molecule has 12 nitrogen and oxygen atoms in total. The lowest BCUT2D eigenvalue weighted by Crippen LogP contribution is -2.56. The molecule has 2 aliphatic rings. The molecule has 236 valence electrons. The number of likely N-dealkylation sites (tertiary alicyclic amines) is 1. The first-order chi connectivity index (χ1) is 20.0. The molecule has 0 unspecified atom stereocenters. The van der Waals surface area contributed by atoms with E-state index in [9.17, 15) is 27.6 Å². The maximum Gasteiger partial charge on any atom is 0.243 e. The normalized spacial score (nSPS) is 22.5. The van der Waals surface area contributed by atoms with Crippen molar-refractivity contribution in [3.05, 3.63) is 29.3 Å². The van der Waals surface area contributed by atoms with Gasteiger partial charge in [-0.05, 0) is 51.7 Å². The summed E-state index contributed by atoms with van der Waals surface area (Å²) in [4.78, 5) is 59.8. The lowest BCUT2D eigenvalue weighted by molar-refractivity contribution is -0.141. The summed E-state index contributed by atoms with van der Waals surface area (Å²) in [5.74, 6) is -2.59. The molecular weight excluding hydrogens is 594 g/mol. The predicted molar refractivity (Wildman–Crippen MR) is 163 cm³/mol. The van der Waals surface area contributed by atoms with Gasteiger partial charge < -0.3 is 20.3 Å². The number of hydrogen-bond acceptors (Lipinski definition) is 9. The number of aromatic nitrogens is 1. The first-order valence-electron chi connectivity index (χ1n) is 14.5. The van der Waals surface area contributed by atoms with E-state index < -0.39 is 69.3 Å². The fourth-order valence-electron chi connectivity index (χ4n) is 5.54. The van der Waals surface area contributed by atoms with Crippen LogP contribution in [0.2, 0.25) is 0 Å². The monoisotopic (exact) mass is 635 g/mol. The summed E-state index contributed by atoms with van der Waals surface area (Å²) in [5.41, 5.74) is 0.0985. The molecule has 2 aliphatic heterocycles. The summed E-state index contributed by atoms with van der Waals surface area (Å²) >= 11 is 1.21. The standard InChI is InChI=1S/C29H41N5O7S2/c1-16(2)23(33-43(6,39)40)28(38)34-15-18(41-29(3,4)5)14-21(34)26(37)31-20(13-17-11-12-30-25(17)36)24(35)27-32-19-9-7-8-10-22(19)42-27/h7-10,16-18,20-21,23,33H,11-15H2,1-6H3,(H,30,36)(H,31,37)/t17-,18+,20-,21-,23-/m0/s1. The van der Waals surface area contributed by atoms with Crippen LogP contribution in [-0.2, 0) is 29.1 Å². The topological polar surface area (TPSA) is 164 Å². The summed E-state index contributed by atoms with van der Waals surface area (Å²) in [6.45, 7) is 9.60. The van der Waals surface area contributed by atoms with E-state index in [1.165, 1.54) is 16.2 Å². The third kappa shape index (κ3) is 8.37. The van der Waals surface area contributed by atoms with Crippen molar-refractivity contribution in [2.75, 3.05) is 19.3 Å². The van der Waals surface area contributed by atoms with Gasteiger partial charge in [-0.15, -0.1) is 11.3 Å². The highest BCUT2D eigenvalue weighted by molar-refractivity contribution is 7.88. The van der Waals surface area contributed by atoms with E-state index in [1.54, 1.807) is 19.9 Å². The Morgan fingerprint density at radius 2 is 1.91 bits per heavy atom. The summed E-state index contributed by atoms with van der Waals surface area (Å²) in [6.07, 6.45) is 1.25. The number of carbonyl (C=O) groups excluding carboxylic acids is 4. The number of sulfonamides is 1. The van der Waals surface area contributed by atoms with Crippen LogP contribution in [0.5, 0.6) is 0 Å². The molecule has 4 rings (SSSR count). The van der Waals surface area contributed by atoms with Gasteiger partial charge in [-0.25, -0.2) is 18.1 Å².